The molecule has 0 amide bonds. The monoisotopic (exact) mass is 434 g/mol. The van der Waals surface area contributed by atoms with E-state index in [9.17, 15) is 18.0 Å². The highest BCUT2D eigenvalue weighted by Crippen LogP contribution is 2.36. The first kappa shape index (κ1) is 21.6. The highest BCUT2D eigenvalue weighted by Gasteiger charge is 2.33. The number of nitrogens with zero attached hydrogens (tertiary/aromatic N) is 2. The van der Waals surface area contributed by atoms with Gasteiger partial charge in [-0.1, -0.05) is 48.0 Å². The fraction of sp³-hybridized carbons (Fsp3) is 0.190. The SMILES string of the molecule is CCNc1nc(NCC(=O)c2ccccc2)cc(-c2ccc(C(F)(F)F)c(Cl)c2)n1. The van der Waals surface area contributed by atoms with E-state index in [1.54, 1.807) is 30.3 Å². The summed E-state index contributed by atoms with van der Waals surface area (Å²) < 4.78 is 38.9. The topological polar surface area (TPSA) is 66.9 Å². The molecule has 3 aromatic rings. The van der Waals surface area contributed by atoms with Crippen LogP contribution >= 0.6 is 11.6 Å². The fourth-order valence-corrected chi connectivity index (χ4v) is 3.01. The lowest BCUT2D eigenvalue weighted by atomic mass is 10.1. The van der Waals surface area contributed by atoms with Gasteiger partial charge in [0.05, 0.1) is 22.8 Å². The van der Waals surface area contributed by atoms with Crippen LogP contribution in [0.4, 0.5) is 24.9 Å². The number of benzene rings is 2. The van der Waals surface area contributed by atoms with Crippen LogP contribution in [0.15, 0.2) is 54.6 Å². The molecule has 0 aliphatic rings. The summed E-state index contributed by atoms with van der Waals surface area (Å²) in [6, 6.07) is 13.8. The number of Topliss-reactive ketones (excluding diaryl/α,β-unsaturated/α-hetero) is 1. The molecular weight excluding hydrogens is 417 g/mol. The summed E-state index contributed by atoms with van der Waals surface area (Å²) in [6.45, 7) is 2.40. The minimum absolute atomic E-state index is 0.000199. The average molecular weight is 435 g/mol. The molecule has 0 aliphatic heterocycles. The Bertz CT molecular complexity index is 1040. The molecule has 0 aliphatic carbocycles. The van der Waals surface area contributed by atoms with Gasteiger partial charge in [0.25, 0.3) is 0 Å². The van der Waals surface area contributed by atoms with E-state index in [1.165, 1.54) is 12.1 Å². The first-order valence-corrected chi connectivity index (χ1v) is 9.48. The summed E-state index contributed by atoms with van der Waals surface area (Å²) in [7, 11) is 0. The van der Waals surface area contributed by atoms with Crippen LogP contribution in [0, 0.1) is 0 Å². The van der Waals surface area contributed by atoms with Gasteiger partial charge in [0.2, 0.25) is 5.95 Å². The zero-order chi connectivity index (χ0) is 21.7. The van der Waals surface area contributed by atoms with Gasteiger partial charge in [-0.05, 0) is 19.1 Å². The highest BCUT2D eigenvalue weighted by molar-refractivity contribution is 6.31. The summed E-state index contributed by atoms with van der Waals surface area (Å²) >= 11 is 5.84. The molecular formula is C21H18ClF3N4O. The zero-order valence-electron chi connectivity index (χ0n) is 15.9. The normalized spacial score (nSPS) is 11.2. The van der Waals surface area contributed by atoms with E-state index in [2.05, 4.69) is 20.6 Å². The van der Waals surface area contributed by atoms with Crippen molar-refractivity contribution in [2.75, 3.05) is 23.7 Å². The first-order chi connectivity index (χ1) is 14.3. The predicted octanol–water partition coefficient (Wildman–Crippen LogP) is 5.54. The van der Waals surface area contributed by atoms with Crippen molar-refractivity contribution < 1.29 is 18.0 Å². The van der Waals surface area contributed by atoms with E-state index < -0.39 is 16.8 Å². The van der Waals surface area contributed by atoms with E-state index in [4.69, 9.17) is 11.6 Å². The van der Waals surface area contributed by atoms with Gasteiger partial charge in [0, 0.05) is 23.7 Å². The molecule has 0 saturated heterocycles. The molecule has 30 heavy (non-hydrogen) atoms. The summed E-state index contributed by atoms with van der Waals surface area (Å²) in [5.41, 5.74) is 0.402. The quantitative estimate of drug-likeness (QED) is 0.478. The standard InChI is InChI=1S/C21H18ClF3N4O/c1-2-26-20-28-17(14-8-9-15(16(22)10-14)21(23,24)25)11-19(29-20)27-12-18(30)13-6-4-3-5-7-13/h3-11H,2,12H2,1H3,(H2,26,27,28,29). The number of ketones is 1. The predicted molar refractivity (Wildman–Crippen MR) is 111 cm³/mol. The van der Waals surface area contributed by atoms with Crippen molar-refractivity contribution in [1.82, 2.24) is 9.97 Å². The van der Waals surface area contributed by atoms with E-state index in [0.717, 1.165) is 6.07 Å². The number of hydrogen-bond acceptors (Lipinski definition) is 5. The molecule has 0 saturated carbocycles. The van der Waals surface area contributed by atoms with E-state index >= 15 is 0 Å². The van der Waals surface area contributed by atoms with Crippen LogP contribution in [0.1, 0.15) is 22.8 Å². The maximum absolute atomic E-state index is 13.0. The first-order valence-electron chi connectivity index (χ1n) is 9.10. The molecule has 0 unspecified atom stereocenters. The Kier molecular flexibility index (Phi) is 6.56. The number of aromatic nitrogens is 2. The lowest BCUT2D eigenvalue weighted by Gasteiger charge is -2.13. The minimum Gasteiger partial charge on any atom is -0.362 e. The number of rotatable bonds is 7. The highest BCUT2D eigenvalue weighted by atomic mass is 35.5. The van der Waals surface area contributed by atoms with Crippen LogP contribution < -0.4 is 10.6 Å². The van der Waals surface area contributed by atoms with Crippen molar-refractivity contribution in [2.24, 2.45) is 0 Å². The Balaban J connectivity index is 1.88. The molecule has 3 rings (SSSR count). The molecule has 0 atom stereocenters. The van der Waals surface area contributed by atoms with Crippen LogP contribution in [0.2, 0.25) is 5.02 Å². The Morgan fingerprint density at radius 1 is 1.03 bits per heavy atom. The molecule has 5 nitrogen and oxygen atoms in total. The summed E-state index contributed by atoms with van der Waals surface area (Å²) in [6.07, 6.45) is -4.54. The summed E-state index contributed by atoms with van der Waals surface area (Å²) in [4.78, 5) is 20.9. The van der Waals surface area contributed by atoms with E-state index in [0.29, 0.717) is 29.2 Å². The zero-order valence-corrected chi connectivity index (χ0v) is 16.7. The lowest BCUT2D eigenvalue weighted by molar-refractivity contribution is -0.137. The van der Waals surface area contributed by atoms with Crippen molar-refractivity contribution in [1.29, 1.82) is 0 Å². The average Bonchev–Trinajstić information content (AvgIpc) is 2.71. The molecule has 1 heterocycles. The molecule has 0 fully saturated rings. The molecule has 0 radical (unpaired) electrons. The van der Waals surface area contributed by atoms with Crippen LogP contribution in [0.25, 0.3) is 11.3 Å². The Morgan fingerprint density at radius 2 is 1.77 bits per heavy atom. The second-order valence-corrected chi connectivity index (χ2v) is 6.73. The molecule has 0 spiro atoms. The second-order valence-electron chi connectivity index (χ2n) is 6.33. The number of halogens is 4. The van der Waals surface area contributed by atoms with Crippen molar-refractivity contribution in [3.8, 4) is 11.3 Å². The molecule has 1 aromatic heterocycles. The molecule has 0 bridgehead atoms. The van der Waals surface area contributed by atoms with Gasteiger partial charge >= 0.3 is 6.18 Å². The van der Waals surface area contributed by atoms with Gasteiger partial charge in [0.15, 0.2) is 5.78 Å². The van der Waals surface area contributed by atoms with Crippen LogP contribution in [-0.4, -0.2) is 28.8 Å². The maximum atomic E-state index is 13.0. The number of alkyl halides is 3. The van der Waals surface area contributed by atoms with Gasteiger partial charge in [-0.2, -0.15) is 18.2 Å². The third-order valence-electron chi connectivity index (χ3n) is 4.16. The fourth-order valence-electron chi connectivity index (χ4n) is 2.72. The Hall–Kier alpha value is -3.13. The third kappa shape index (κ3) is 5.27. The summed E-state index contributed by atoms with van der Waals surface area (Å²) in [5.74, 6) is 0.510. The van der Waals surface area contributed by atoms with Crippen LogP contribution in [0.5, 0.6) is 0 Å². The lowest BCUT2D eigenvalue weighted by Crippen LogP contribution is -2.15. The number of carbonyl (C=O) groups is 1. The van der Waals surface area contributed by atoms with Crippen LogP contribution in [-0.2, 0) is 6.18 Å². The number of carbonyl (C=O) groups excluding carboxylic acids is 1. The van der Waals surface area contributed by atoms with Crippen molar-refractivity contribution in [2.45, 2.75) is 13.1 Å². The van der Waals surface area contributed by atoms with Gasteiger partial charge < -0.3 is 10.6 Å². The van der Waals surface area contributed by atoms with Crippen molar-refractivity contribution in [3.05, 3.63) is 70.7 Å². The van der Waals surface area contributed by atoms with Gasteiger partial charge in [-0.25, -0.2) is 4.98 Å². The number of nitrogens with one attached hydrogen (secondary N) is 2. The molecule has 2 aromatic carbocycles. The van der Waals surface area contributed by atoms with Gasteiger partial charge in [0.1, 0.15) is 5.82 Å². The molecule has 156 valence electrons. The largest absolute Gasteiger partial charge is 0.417 e. The number of anilines is 2. The van der Waals surface area contributed by atoms with E-state index in [-0.39, 0.29) is 18.3 Å². The van der Waals surface area contributed by atoms with Gasteiger partial charge in [-0.15, -0.1) is 0 Å². The third-order valence-corrected chi connectivity index (χ3v) is 4.47. The van der Waals surface area contributed by atoms with Crippen molar-refractivity contribution in [3.63, 3.8) is 0 Å². The summed E-state index contributed by atoms with van der Waals surface area (Å²) in [5, 5.41) is 5.50. The van der Waals surface area contributed by atoms with Crippen LogP contribution in [0.3, 0.4) is 0 Å². The van der Waals surface area contributed by atoms with Gasteiger partial charge in [-0.3, -0.25) is 4.79 Å². The smallest absolute Gasteiger partial charge is 0.362 e. The molecule has 2 N–H and O–H groups in total. The van der Waals surface area contributed by atoms with Crippen molar-refractivity contribution >= 4 is 29.2 Å². The number of hydrogen-bond donors (Lipinski definition) is 2. The maximum Gasteiger partial charge on any atom is 0.417 e. The Labute approximate surface area is 176 Å². The minimum atomic E-state index is -4.54. The molecule has 9 heteroatoms. The van der Waals surface area contributed by atoms with E-state index in [1.807, 2.05) is 13.0 Å². The second kappa shape index (κ2) is 9.13. The Morgan fingerprint density at radius 3 is 2.40 bits per heavy atom.